The zero-order chi connectivity index (χ0) is 7.11. The summed E-state index contributed by atoms with van der Waals surface area (Å²) >= 11 is 3.99. The topological polar surface area (TPSA) is 0 Å². The summed E-state index contributed by atoms with van der Waals surface area (Å²) in [6, 6.07) is 0. The molecule has 0 nitrogen and oxygen atoms in total. The van der Waals surface area contributed by atoms with Gasteiger partial charge in [0.25, 0.3) is 0 Å². The molecule has 0 aliphatic carbocycles. The molecule has 0 fully saturated rings. The van der Waals surface area contributed by atoms with Crippen LogP contribution in [0.3, 0.4) is 0 Å². The van der Waals surface area contributed by atoms with Gasteiger partial charge in [-0.1, -0.05) is 31.7 Å². The maximum atomic E-state index is 3.99. The van der Waals surface area contributed by atoms with Crippen molar-refractivity contribution in [3.05, 3.63) is 35.8 Å². The fourth-order valence-electron chi connectivity index (χ4n) is 0.381. The Bertz CT molecular complexity index is 132. The third-order valence-electron chi connectivity index (χ3n) is 0.772. The van der Waals surface area contributed by atoms with E-state index in [4.69, 9.17) is 0 Å². The predicted molar refractivity (Wildman–Crippen MR) is 46.7 cm³/mol. The van der Waals surface area contributed by atoms with Gasteiger partial charge in [0.1, 0.15) is 0 Å². The number of hydrogen-bond donors (Lipinski definition) is 1. The van der Waals surface area contributed by atoms with Crippen LogP contribution in [-0.2, 0) is 0 Å². The van der Waals surface area contributed by atoms with Crippen LogP contribution in [0.4, 0.5) is 0 Å². The van der Waals surface area contributed by atoms with E-state index in [9.17, 15) is 0 Å². The zero-order valence-corrected chi connectivity index (χ0v) is 6.57. The molecule has 9 heavy (non-hydrogen) atoms. The van der Waals surface area contributed by atoms with Crippen LogP contribution in [0, 0.1) is 0 Å². The highest BCUT2D eigenvalue weighted by Crippen LogP contribution is 1.96. The Morgan fingerprint density at radius 3 is 2.67 bits per heavy atom. The SMILES string of the molecule is C=C(S)/C=C\C=CCC. The molecule has 0 aromatic rings. The Labute approximate surface area is 62.4 Å². The third kappa shape index (κ3) is 7.57. The lowest BCUT2D eigenvalue weighted by Crippen LogP contribution is -1.55. The quantitative estimate of drug-likeness (QED) is 0.452. The second-order valence-electron chi connectivity index (χ2n) is 1.69. The van der Waals surface area contributed by atoms with E-state index in [-0.39, 0.29) is 0 Å². The molecule has 0 aromatic carbocycles. The lowest BCUT2D eigenvalue weighted by Gasteiger charge is -1.78. The molecule has 0 saturated carbocycles. The molecule has 1 heteroatoms. The van der Waals surface area contributed by atoms with E-state index in [2.05, 4.69) is 32.2 Å². The van der Waals surface area contributed by atoms with Crippen molar-refractivity contribution in [2.45, 2.75) is 13.3 Å². The summed E-state index contributed by atoms with van der Waals surface area (Å²) in [6.45, 7) is 5.69. The van der Waals surface area contributed by atoms with Crippen molar-refractivity contribution in [3.8, 4) is 0 Å². The minimum atomic E-state index is 0.788. The molecule has 0 bridgehead atoms. The van der Waals surface area contributed by atoms with Crippen molar-refractivity contribution in [1.82, 2.24) is 0 Å². The summed E-state index contributed by atoms with van der Waals surface area (Å²) < 4.78 is 0. The highest BCUT2D eigenvalue weighted by Gasteiger charge is 1.69. The van der Waals surface area contributed by atoms with Gasteiger partial charge in [-0.2, -0.15) is 0 Å². The summed E-state index contributed by atoms with van der Waals surface area (Å²) in [5.74, 6) is 0. The zero-order valence-electron chi connectivity index (χ0n) is 5.67. The van der Waals surface area contributed by atoms with Gasteiger partial charge in [-0.05, 0) is 17.4 Å². The minimum Gasteiger partial charge on any atom is -0.144 e. The standard InChI is InChI=1S/C8H12S/c1-3-4-5-6-7-8(2)9/h4-7,9H,2-3H2,1H3/b5-4?,7-6-. The van der Waals surface area contributed by atoms with E-state index in [0.717, 1.165) is 11.3 Å². The lowest BCUT2D eigenvalue weighted by molar-refractivity contribution is 1.22. The van der Waals surface area contributed by atoms with Crippen molar-refractivity contribution < 1.29 is 0 Å². The smallest absolute Gasteiger partial charge is 0.00320 e. The Morgan fingerprint density at radius 1 is 1.56 bits per heavy atom. The van der Waals surface area contributed by atoms with Gasteiger partial charge in [-0.3, -0.25) is 0 Å². The summed E-state index contributed by atoms with van der Waals surface area (Å²) in [7, 11) is 0. The van der Waals surface area contributed by atoms with E-state index in [1.54, 1.807) is 0 Å². The molecule has 0 unspecified atom stereocenters. The van der Waals surface area contributed by atoms with Crippen molar-refractivity contribution in [1.29, 1.82) is 0 Å². The van der Waals surface area contributed by atoms with Crippen LogP contribution in [-0.4, -0.2) is 0 Å². The second-order valence-corrected chi connectivity index (χ2v) is 2.26. The Morgan fingerprint density at radius 2 is 2.22 bits per heavy atom. The van der Waals surface area contributed by atoms with Crippen LogP contribution in [0.1, 0.15) is 13.3 Å². The third-order valence-corrected chi connectivity index (χ3v) is 0.921. The summed E-state index contributed by atoms with van der Waals surface area (Å²) in [5, 5.41) is 0. The maximum Gasteiger partial charge on any atom is -0.00320 e. The Kier molecular flexibility index (Phi) is 5.43. The van der Waals surface area contributed by atoms with Gasteiger partial charge in [0, 0.05) is 0 Å². The number of allylic oxidation sites excluding steroid dienone is 4. The second kappa shape index (κ2) is 5.70. The van der Waals surface area contributed by atoms with E-state index >= 15 is 0 Å². The molecule has 0 aliphatic rings. The van der Waals surface area contributed by atoms with Gasteiger partial charge in [-0.15, -0.1) is 12.6 Å². The molecule has 0 aromatic heterocycles. The molecule has 0 aliphatic heterocycles. The molecule has 0 spiro atoms. The van der Waals surface area contributed by atoms with Crippen LogP contribution in [0.25, 0.3) is 0 Å². The van der Waals surface area contributed by atoms with Gasteiger partial charge in [-0.25, -0.2) is 0 Å². The van der Waals surface area contributed by atoms with Gasteiger partial charge in [0.2, 0.25) is 0 Å². The molecular formula is C8H12S. The highest BCUT2D eigenvalue weighted by atomic mass is 32.1. The van der Waals surface area contributed by atoms with Crippen molar-refractivity contribution in [3.63, 3.8) is 0 Å². The first-order chi connectivity index (χ1) is 4.27. The fraction of sp³-hybridized carbons (Fsp3) is 0.250. The predicted octanol–water partition coefficient (Wildman–Crippen LogP) is 2.95. The molecule has 0 rings (SSSR count). The van der Waals surface area contributed by atoms with Gasteiger partial charge in [0.05, 0.1) is 0 Å². The first kappa shape index (κ1) is 8.57. The van der Waals surface area contributed by atoms with Crippen LogP contribution < -0.4 is 0 Å². The largest absolute Gasteiger partial charge is 0.144 e. The minimum absolute atomic E-state index is 0.788. The molecule has 0 amide bonds. The molecule has 0 atom stereocenters. The van der Waals surface area contributed by atoms with E-state index in [0.29, 0.717) is 0 Å². The van der Waals surface area contributed by atoms with Crippen molar-refractivity contribution in [2.24, 2.45) is 0 Å². The molecule has 0 saturated heterocycles. The molecule has 0 heterocycles. The van der Waals surface area contributed by atoms with Crippen molar-refractivity contribution in [2.75, 3.05) is 0 Å². The van der Waals surface area contributed by atoms with Crippen LogP contribution >= 0.6 is 12.6 Å². The summed E-state index contributed by atoms with van der Waals surface area (Å²) in [5.41, 5.74) is 0. The first-order valence-corrected chi connectivity index (χ1v) is 3.43. The fourth-order valence-corrected chi connectivity index (χ4v) is 0.467. The maximum absolute atomic E-state index is 3.99. The average Bonchev–Trinajstić information content (AvgIpc) is 1.80. The first-order valence-electron chi connectivity index (χ1n) is 2.98. The van der Waals surface area contributed by atoms with Crippen LogP contribution in [0.2, 0.25) is 0 Å². The van der Waals surface area contributed by atoms with Crippen molar-refractivity contribution >= 4 is 12.6 Å². The lowest BCUT2D eigenvalue weighted by atomic mass is 10.4. The van der Waals surface area contributed by atoms with E-state index in [1.165, 1.54) is 0 Å². The van der Waals surface area contributed by atoms with Crippen LogP contribution in [0.5, 0.6) is 0 Å². The number of hydrogen-bond acceptors (Lipinski definition) is 1. The summed E-state index contributed by atoms with van der Waals surface area (Å²) in [6.07, 6.45) is 8.92. The molecule has 0 radical (unpaired) electrons. The monoisotopic (exact) mass is 140 g/mol. The molecular weight excluding hydrogens is 128 g/mol. The van der Waals surface area contributed by atoms with E-state index in [1.807, 2.05) is 18.2 Å². The normalized spacial score (nSPS) is 11.3. The van der Waals surface area contributed by atoms with Gasteiger partial charge in [0.15, 0.2) is 0 Å². The number of rotatable bonds is 3. The number of thiol groups is 1. The Hall–Kier alpha value is -0.430. The van der Waals surface area contributed by atoms with Gasteiger partial charge >= 0.3 is 0 Å². The van der Waals surface area contributed by atoms with E-state index < -0.39 is 0 Å². The summed E-state index contributed by atoms with van der Waals surface area (Å²) in [4.78, 5) is 0.788. The van der Waals surface area contributed by atoms with Crippen LogP contribution in [0.15, 0.2) is 35.8 Å². The van der Waals surface area contributed by atoms with Gasteiger partial charge < -0.3 is 0 Å². The highest BCUT2D eigenvalue weighted by molar-refractivity contribution is 7.84. The molecule has 50 valence electrons. The average molecular weight is 140 g/mol. The molecule has 0 N–H and O–H groups in total. The Balaban J connectivity index is 3.47.